The molecule has 0 spiro atoms. The van der Waals surface area contributed by atoms with Crippen LogP contribution in [0.1, 0.15) is 24.4 Å². The molecule has 2 aromatic rings. The number of thiophene rings is 1. The van der Waals surface area contributed by atoms with E-state index in [1.54, 1.807) is 16.4 Å². The van der Waals surface area contributed by atoms with Crippen molar-refractivity contribution in [1.29, 1.82) is 0 Å². The van der Waals surface area contributed by atoms with E-state index in [-0.39, 0.29) is 6.04 Å². The number of benzene rings is 1. The SMILES string of the molecule is O=S(=O)(c1ccc(Br)s1)N1CCC[C@@H]1c1ccc2c(c1)OCCO2. The highest BCUT2D eigenvalue weighted by Gasteiger charge is 2.37. The molecule has 0 amide bonds. The Morgan fingerprint density at radius 3 is 2.67 bits per heavy atom. The van der Waals surface area contributed by atoms with Crippen molar-refractivity contribution in [3.8, 4) is 11.5 Å². The molecule has 1 aromatic heterocycles. The maximum Gasteiger partial charge on any atom is 0.253 e. The summed E-state index contributed by atoms with van der Waals surface area (Å²) in [5.74, 6) is 1.42. The monoisotopic (exact) mass is 429 g/mol. The third-order valence-electron chi connectivity index (χ3n) is 4.27. The van der Waals surface area contributed by atoms with Crippen molar-refractivity contribution in [3.63, 3.8) is 0 Å². The predicted octanol–water partition coefficient (Wildman–Crippen LogP) is 3.81. The van der Waals surface area contributed by atoms with Gasteiger partial charge in [-0.05, 0) is 58.6 Å². The number of ether oxygens (including phenoxy) is 2. The molecule has 3 heterocycles. The van der Waals surface area contributed by atoms with Crippen LogP contribution in [0, 0.1) is 0 Å². The van der Waals surface area contributed by atoms with Crippen LogP contribution in [0.4, 0.5) is 0 Å². The van der Waals surface area contributed by atoms with Crippen LogP contribution in [0.5, 0.6) is 11.5 Å². The quantitative estimate of drug-likeness (QED) is 0.743. The molecule has 128 valence electrons. The number of hydrogen-bond acceptors (Lipinski definition) is 5. The van der Waals surface area contributed by atoms with Crippen molar-refractivity contribution < 1.29 is 17.9 Å². The second-order valence-corrected chi connectivity index (χ2v) is 10.3. The summed E-state index contributed by atoms with van der Waals surface area (Å²) >= 11 is 4.58. The number of rotatable bonds is 3. The average Bonchev–Trinajstić information content (AvgIpc) is 3.24. The minimum Gasteiger partial charge on any atom is -0.486 e. The average molecular weight is 430 g/mol. The molecule has 0 radical (unpaired) electrons. The molecule has 0 unspecified atom stereocenters. The number of fused-ring (bicyclic) bond motifs is 1. The third-order valence-corrected chi connectivity index (χ3v) is 8.27. The Kier molecular flexibility index (Phi) is 4.32. The van der Waals surface area contributed by atoms with Gasteiger partial charge < -0.3 is 9.47 Å². The van der Waals surface area contributed by atoms with Crippen LogP contribution in [-0.2, 0) is 10.0 Å². The maximum atomic E-state index is 13.0. The normalized spacial score (nSPS) is 21.1. The van der Waals surface area contributed by atoms with Gasteiger partial charge in [-0.1, -0.05) is 6.07 Å². The predicted molar refractivity (Wildman–Crippen MR) is 95.3 cm³/mol. The molecule has 0 bridgehead atoms. The van der Waals surface area contributed by atoms with Crippen molar-refractivity contribution in [1.82, 2.24) is 4.31 Å². The van der Waals surface area contributed by atoms with E-state index in [9.17, 15) is 8.42 Å². The van der Waals surface area contributed by atoms with Crippen molar-refractivity contribution in [2.24, 2.45) is 0 Å². The second-order valence-electron chi connectivity index (χ2n) is 5.74. The molecule has 2 aliphatic heterocycles. The summed E-state index contributed by atoms with van der Waals surface area (Å²) in [4.78, 5) is 0. The molecule has 24 heavy (non-hydrogen) atoms. The van der Waals surface area contributed by atoms with E-state index in [0.29, 0.717) is 29.7 Å². The first-order valence-electron chi connectivity index (χ1n) is 7.72. The molecule has 0 saturated carbocycles. The summed E-state index contributed by atoms with van der Waals surface area (Å²) in [5.41, 5.74) is 0.955. The van der Waals surface area contributed by atoms with Gasteiger partial charge in [-0.2, -0.15) is 4.31 Å². The van der Waals surface area contributed by atoms with E-state index in [1.807, 2.05) is 18.2 Å². The molecule has 0 aliphatic carbocycles. The smallest absolute Gasteiger partial charge is 0.253 e. The number of nitrogens with zero attached hydrogens (tertiary/aromatic N) is 1. The summed E-state index contributed by atoms with van der Waals surface area (Å²) in [7, 11) is -3.49. The van der Waals surface area contributed by atoms with Crippen LogP contribution < -0.4 is 9.47 Å². The lowest BCUT2D eigenvalue weighted by Gasteiger charge is -2.25. The van der Waals surface area contributed by atoms with Crippen LogP contribution >= 0.6 is 27.3 Å². The highest BCUT2D eigenvalue weighted by Crippen LogP contribution is 2.41. The zero-order valence-corrected chi connectivity index (χ0v) is 16.0. The van der Waals surface area contributed by atoms with Crippen molar-refractivity contribution >= 4 is 37.3 Å². The summed E-state index contributed by atoms with van der Waals surface area (Å²) in [6.45, 7) is 1.60. The summed E-state index contributed by atoms with van der Waals surface area (Å²) in [6, 6.07) is 8.99. The van der Waals surface area contributed by atoms with Gasteiger partial charge in [-0.15, -0.1) is 11.3 Å². The molecule has 2 aliphatic rings. The fourth-order valence-corrected chi connectivity index (χ4v) is 7.00. The van der Waals surface area contributed by atoms with Crippen LogP contribution in [0.2, 0.25) is 0 Å². The van der Waals surface area contributed by atoms with Crippen molar-refractivity contribution in [2.45, 2.75) is 23.1 Å². The Hall–Kier alpha value is -1.09. The summed E-state index contributed by atoms with van der Waals surface area (Å²) < 4.78 is 39.9. The molecule has 1 aromatic carbocycles. The van der Waals surface area contributed by atoms with Gasteiger partial charge >= 0.3 is 0 Å². The minimum atomic E-state index is -3.49. The van der Waals surface area contributed by atoms with Crippen LogP contribution in [0.25, 0.3) is 0 Å². The molecule has 1 fully saturated rings. The van der Waals surface area contributed by atoms with E-state index in [1.165, 1.54) is 11.3 Å². The van der Waals surface area contributed by atoms with Crippen LogP contribution in [0.3, 0.4) is 0 Å². The number of halogens is 1. The lowest BCUT2D eigenvalue weighted by molar-refractivity contribution is 0.171. The van der Waals surface area contributed by atoms with Gasteiger partial charge in [0.1, 0.15) is 17.4 Å². The van der Waals surface area contributed by atoms with Gasteiger partial charge in [-0.25, -0.2) is 8.42 Å². The zero-order valence-electron chi connectivity index (χ0n) is 12.8. The van der Waals surface area contributed by atoms with E-state index < -0.39 is 10.0 Å². The van der Waals surface area contributed by atoms with Crippen LogP contribution in [-0.4, -0.2) is 32.5 Å². The third kappa shape index (κ3) is 2.85. The van der Waals surface area contributed by atoms with E-state index >= 15 is 0 Å². The van der Waals surface area contributed by atoms with Gasteiger partial charge in [0.15, 0.2) is 11.5 Å². The van der Waals surface area contributed by atoms with Gasteiger partial charge in [-0.3, -0.25) is 0 Å². The fraction of sp³-hybridized carbons (Fsp3) is 0.375. The largest absolute Gasteiger partial charge is 0.486 e. The van der Waals surface area contributed by atoms with E-state index in [0.717, 1.165) is 27.9 Å². The Morgan fingerprint density at radius 1 is 1.12 bits per heavy atom. The molecule has 5 nitrogen and oxygen atoms in total. The van der Waals surface area contributed by atoms with Crippen molar-refractivity contribution in [3.05, 3.63) is 39.7 Å². The van der Waals surface area contributed by atoms with Crippen molar-refractivity contribution in [2.75, 3.05) is 19.8 Å². The molecule has 1 saturated heterocycles. The Bertz CT molecular complexity index is 865. The number of sulfonamides is 1. The second kappa shape index (κ2) is 6.33. The number of hydrogen-bond donors (Lipinski definition) is 0. The molecular weight excluding hydrogens is 414 g/mol. The van der Waals surface area contributed by atoms with Gasteiger partial charge in [0, 0.05) is 6.54 Å². The maximum absolute atomic E-state index is 13.0. The molecule has 4 rings (SSSR count). The van der Waals surface area contributed by atoms with Gasteiger partial charge in [0.05, 0.1) is 9.83 Å². The van der Waals surface area contributed by atoms with Gasteiger partial charge in [0.25, 0.3) is 10.0 Å². The Morgan fingerprint density at radius 2 is 1.92 bits per heavy atom. The highest BCUT2D eigenvalue weighted by molar-refractivity contribution is 9.11. The highest BCUT2D eigenvalue weighted by atomic mass is 79.9. The standard InChI is InChI=1S/C16H16BrNO4S2/c17-15-5-6-16(23-15)24(19,20)18-7-1-2-12(18)11-3-4-13-14(10-11)22-9-8-21-13/h3-6,10,12H,1-2,7-9H2/t12-/m1/s1. The molecule has 0 N–H and O–H groups in total. The zero-order chi connectivity index (χ0) is 16.7. The van der Waals surface area contributed by atoms with E-state index in [4.69, 9.17) is 9.47 Å². The lowest BCUT2D eigenvalue weighted by atomic mass is 10.0. The van der Waals surface area contributed by atoms with Gasteiger partial charge in [0.2, 0.25) is 0 Å². The van der Waals surface area contributed by atoms with Crippen LogP contribution in [0.15, 0.2) is 38.3 Å². The first-order chi connectivity index (χ1) is 11.6. The lowest BCUT2D eigenvalue weighted by Crippen LogP contribution is -2.30. The van der Waals surface area contributed by atoms with E-state index in [2.05, 4.69) is 15.9 Å². The Balaban J connectivity index is 1.68. The molecule has 8 heteroatoms. The first kappa shape index (κ1) is 16.4. The minimum absolute atomic E-state index is 0.160. The summed E-state index contributed by atoms with van der Waals surface area (Å²) in [6.07, 6.45) is 1.66. The molecule has 1 atom stereocenters. The fourth-order valence-electron chi connectivity index (χ4n) is 3.18. The Labute approximate surface area is 153 Å². The summed E-state index contributed by atoms with van der Waals surface area (Å²) in [5, 5.41) is 0. The molecular formula is C16H16BrNO4S2. The topological polar surface area (TPSA) is 55.8 Å². The first-order valence-corrected chi connectivity index (χ1v) is 10.8.